The number of carbonyl (C=O) groups excluding carboxylic acids is 2. The van der Waals surface area contributed by atoms with Crippen LogP contribution in [0.2, 0.25) is 0 Å². The van der Waals surface area contributed by atoms with Gasteiger partial charge in [0, 0.05) is 0 Å². The van der Waals surface area contributed by atoms with Crippen LogP contribution in [0.1, 0.15) is 6.42 Å². The van der Waals surface area contributed by atoms with E-state index in [-0.39, 0.29) is 24.3 Å². The molecule has 0 aromatic heterocycles. The van der Waals surface area contributed by atoms with Crippen molar-refractivity contribution in [2.45, 2.75) is 12.5 Å². The van der Waals surface area contributed by atoms with Crippen LogP contribution in [0.15, 0.2) is 24.3 Å². The molecule has 1 N–H and O–H groups in total. The van der Waals surface area contributed by atoms with E-state index in [1.54, 1.807) is 18.2 Å². The van der Waals surface area contributed by atoms with E-state index in [2.05, 4.69) is 0 Å². The largest absolute Gasteiger partial charge is 0.495 e. The van der Waals surface area contributed by atoms with Gasteiger partial charge in [0.1, 0.15) is 18.8 Å². The predicted octanol–water partition coefficient (Wildman–Crippen LogP) is -0.758. The standard InChI is InChI=1S/C15H18N2O4/c1-20-13-5-3-2-4-11(13)17-14(18)10-12(15(17)19)16-6-8-21-9-7-16/h2-5,12H,6-10H2,1H3/p+1/t12-/m1/s1. The number of hydrogen-bond donors (Lipinski definition) is 1. The molecule has 21 heavy (non-hydrogen) atoms. The van der Waals surface area contributed by atoms with Gasteiger partial charge in [-0.1, -0.05) is 12.1 Å². The number of anilines is 1. The van der Waals surface area contributed by atoms with Crippen LogP contribution >= 0.6 is 0 Å². The van der Waals surface area contributed by atoms with Crippen LogP contribution in [0.3, 0.4) is 0 Å². The van der Waals surface area contributed by atoms with Crippen LogP contribution in [0.25, 0.3) is 0 Å². The van der Waals surface area contributed by atoms with Gasteiger partial charge < -0.3 is 14.4 Å². The second kappa shape index (κ2) is 5.83. The summed E-state index contributed by atoms with van der Waals surface area (Å²) >= 11 is 0. The number of methoxy groups -OCH3 is 1. The minimum Gasteiger partial charge on any atom is -0.495 e. The average Bonchev–Trinajstić information content (AvgIpc) is 2.83. The number of para-hydroxylation sites is 2. The number of imide groups is 1. The minimum atomic E-state index is -0.300. The molecule has 1 atom stereocenters. The Morgan fingerprint density at radius 1 is 1.24 bits per heavy atom. The highest BCUT2D eigenvalue weighted by Crippen LogP contribution is 2.31. The van der Waals surface area contributed by atoms with Crippen molar-refractivity contribution < 1.29 is 24.0 Å². The molecule has 0 bridgehead atoms. The van der Waals surface area contributed by atoms with Crippen molar-refractivity contribution in [1.82, 2.24) is 0 Å². The molecule has 0 aliphatic carbocycles. The van der Waals surface area contributed by atoms with Gasteiger partial charge in [0.05, 0.1) is 32.4 Å². The normalized spacial score (nSPS) is 23.7. The monoisotopic (exact) mass is 291 g/mol. The quantitative estimate of drug-likeness (QED) is 0.744. The first-order valence-corrected chi connectivity index (χ1v) is 7.14. The number of carbonyl (C=O) groups is 2. The van der Waals surface area contributed by atoms with Crippen LogP contribution in [0.4, 0.5) is 5.69 Å². The average molecular weight is 291 g/mol. The fourth-order valence-electron chi connectivity index (χ4n) is 3.00. The fraction of sp³-hybridized carbons (Fsp3) is 0.467. The number of quaternary nitrogens is 1. The van der Waals surface area contributed by atoms with Crippen LogP contribution in [0.5, 0.6) is 5.75 Å². The van der Waals surface area contributed by atoms with Crippen molar-refractivity contribution in [2.75, 3.05) is 38.3 Å². The highest BCUT2D eigenvalue weighted by molar-refractivity contribution is 6.22. The second-order valence-corrected chi connectivity index (χ2v) is 5.27. The lowest BCUT2D eigenvalue weighted by atomic mass is 10.2. The minimum absolute atomic E-state index is 0.138. The first-order valence-electron chi connectivity index (χ1n) is 7.14. The lowest BCUT2D eigenvalue weighted by Gasteiger charge is -2.27. The number of morpholine rings is 1. The molecule has 2 fully saturated rings. The Morgan fingerprint density at radius 2 is 1.95 bits per heavy atom. The Balaban J connectivity index is 1.86. The SMILES string of the molecule is COc1ccccc1N1C(=O)C[C@@H]([NH+]2CCOCC2)C1=O. The van der Waals surface area contributed by atoms with E-state index >= 15 is 0 Å². The highest BCUT2D eigenvalue weighted by atomic mass is 16.5. The van der Waals surface area contributed by atoms with Gasteiger partial charge in [-0.25, -0.2) is 4.90 Å². The van der Waals surface area contributed by atoms with Gasteiger partial charge >= 0.3 is 0 Å². The van der Waals surface area contributed by atoms with Gasteiger partial charge in [-0.3, -0.25) is 9.59 Å². The van der Waals surface area contributed by atoms with E-state index in [0.717, 1.165) is 18.0 Å². The second-order valence-electron chi connectivity index (χ2n) is 5.27. The fourth-order valence-corrected chi connectivity index (χ4v) is 3.00. The van der Waals surface area contributed by atoms with Gasteiger partial charge in [0.25, 0.3) is 5.91 Å². The maximum Gasteiger partial charge on any atom is 0.292 e. The molecule has 1 aromatic carbocycles. The Hall–Kier alpha value is -1.92. The van der Waals surface area contributed by atoms with Crippen molar-refractivity contribution in [2.24, 2.45) is 0 Å². The summed E-state index contributed by atoms with van der Waals surface area (Å²) in [5.41, 5.74) is 0.533. The van der Waals surface area contributed by atoms with E-state index in [1.807, 2.05) is 6.07 Å². The zero-order valence-electron chi connectivity index (χ0n) is 12.0. The number of hydrogen-bond acceptors (Lipinski definition) is 4. The molecule has 1 aromatic rings. The summed E-state index contributed by atoms with van der Waals surface area (Å²) in [6.45, 7) is 2.82. The first kappa shape index (κ1) is 14.0. The Kier molecular flexibility index (Phi) is 3.90. The van der Waals surface area contributed by atoms with Crippen molar-refractivity contribution in [1.29, 1.82) is 0 Å². The lowest BCUT2D eigenvalue weighted by Crippen LogP contribution is -3.18. The Bertz CT molecular complexity index is 554. The van der Waals surface area contributed by atoms with Crippen molar-refractivity contribution in [3.63, 3.8) is 0 Å². The predicted molar refractivity (Wildman–Crippen MR) is 75.4 cm³/mol. The summed E-state index contributed by atoms with van der Waals surface area (Å²) in [5.74, 6) is 0.242. The molecule has 2 heterocycles. The van der Waals surface area contributed by atoms with Crippen molar-refractivity contribution in [3.8, 4) is 5.75 Å². The molecular formula is C15H19N2O4+. The molecule has 0 unspecified atom stereocenters. The van der Waals surface area contributed by atoms with Crippen LogP contribution in [-0.4, -0.2) is 51.3 Å². The van der Waals surface area contributed by atoms with E-state index < -0.39 is 0 Å². The third-order valence-electron chi connectivity index (χ3n) is 4.10. The molecule has 0 spiro atoms. The first-order chi connectivity index (χ1) is 10.2. The number of amides is 2. The summed E-state index contributed by atoms with van der Waals surface area (Å²) in [6, 6.07) is 6.81. The topological polar surface area (TPSA) is 60.3 Å². The summed E-state index contributed by atoms with van der Waals surface area (Å²) in [6.07, 6.45) is 0.256. The van der Waals surface area contributed by atoms with Crippen molar-refractivity contribution in [3.05, 3.63) is 24.3 Å². The smallest absolute Gasteiger partial charge is 0.292 e. The summed E-state index contributed by atoms with van der Waals surface area (Å²) in [4.78, 5) is 27.4. The van der Waals surface area contributed by atoms with Crippen LogP contribution in [-0.2, 0) is 14.3 Å². The molecule has 112 valence electrons. The Labute approximate surface area is 123 Å². The van der Waals surface area contributed by atoms with Gasteiger partial charge in [-0.2, -0.15) is 0 Å². The summed E-state index contributed by atoms with van der Waals surface area (Å²) in [5, 5.41) is 0. The van der Waals surface area contributed by atoms with Gasteiger partial charge in [-0.05, 0) is 12.1 Å². The number of ether oxygens (including phenoxy) is 2. The molecule has 2 aliphatic heterocycles. The molecule has 0 radical (unpaired) electrons. The number of nitrogens with zero attached hydrogens (tertiary/aromatic N) is 1. The molecular weight excluding hydrogens is 272 g/mol. The van der Waals surface area contributed by atoms with E-state index in [1.165, 1.54) is 12.0 Å². The third kappa shape index (κ3) is 2.52. The van der Waals surface area contributed by atoms with E-state index in [0.29, 0.717) is 24.7 Å². The van der Waals surface area contributed by atoms with E-state index in [4.69, 9.17) is 9.47 Å². The maximum atomic E-state index is 12.7. The summed E-state index contributed by atoms with van der Waals surface area (Å²) in [7, 11) is 1.54. The van der Waals surface area contributed by atoms with Crippen LogP contribution in [0, 0.1) is 0 Å². The Morgan fingerprint density at radius 3 is 2.67 bits per heavy atom. The van der Waals surface area contributed by atoms with Gasteiger partial charge in [0.2, 0.25) is 5.91 Å². The zero-order valence-corrected chi connectivity index (χ0v) is 12.0. The van der Waals surface area contributed by atoms with Crippen molar-refractivity contribution >= 4 is 17.5 Å². The molecule has 6 heteroatoms. The maximum absolute atomic E-state index is 12.7. The van der Waals surface area contributed by atoms with Gasteiger partial charge in [0.15, 0.2) is 6.04 Å². The summed E-state index contributed by atoms with van der Waals surface area (Å²) < 4.78 is 10.6. The number of nitrogens with one attached hydrogen (secondary N) is 1. The molecule has 2 saturated heterocycles. The molecule has 2 amide bonds. The van der Waals surface area contributed by atoms with Crippen LogP contribution < -0.4 is 14.5 Å². The van der Waals surface area contributed by atoms with E-state index in [9.17, 15) is 9.59 Å². The molecule has 3 rings (SSSR count). The van der Waals surface area contributed by atoms with Gasteiger partial charge in [-0.15, -0.1) is 0 Å². The molecule has 2 aliphatic rings. The molecule has 0 saturated carbocycles. The molecule has 6 nitrogen and oxygen atoms in total. The number of benzene rings is 1. The number of rotatable bonds is 3. The highest BCUT2D eigenvalue weighted by Gasteiger charge is 2.46. The third-order valence-corrected chi connectivity index (χ3v) is 4.10. The lowest BCUT2D eigenvalue weighted by molar-refractivity contribution is -0.922. The zero-order chi connectivity index (χ0) is 14.8.